The van der Waals surface area contributed by atoms with Crippen LogP contribution in [0, 0.1) is 0 Å². The first kappa shape index (κ1) is 22.7. The Bertz CT molecular complexity index is 1250. The van der Waals surface area contributed by atoms with Crippen molar-refractivity contribution in [3.63, 3.8) is 0 Å². The lowest BCUT2D eigenvalue weighted by atomic mass is 9.96. The average molecular weight is 477 g/mol. The van der Waals surface area contributed by atoms with Crippen molar-refractivity contribution in [1.82, 2.24) is 15.1 Å². The summed E-state index contributed by atoms with van der Waals surface area (Å²) in [5, 5.41) is 10.1. The van der Waals surface area contributed by atoms with Gasteiger partial charge in [-0.25, -0.2) is 4.68 Å². The lowest BCUT2D eigenvalue weighted by Crippen LogP contribution is -2.37. The van der Waals surface area contributed by atoms with Crippen molar-refractivity contribution in [2.24, 2.45) is 0 Å². The van der Waals surface area contributed by atoms with Crippen molar-refractivity contribution in [3.8, 4) is 0 Å². The van der Waals surface area contributed by atoms with Crippen molar-refractivity contribution in [1.29, 1.82) is 0 Å². The zero-order valence-electron chi connectivity index (χ0n) is 18.6. The molecule has 0 spiro atoms. The van der Waals surface area contributed by atoms with Crippen molar-refractivity contribution < 1.29 is 18.0 Å². The van der Waals surface area contributed by atoms with E-state index in [0.29, 0.717) is 5.56 Å². The highest BCUT2D eigenvalue weighted by Gasteiger charge is 2.47. The Kier molecular flexibility index (Phi) is 6.03. The Labute approximate surface area is 200 Å². The summed E-state index contributed by atoms with van der Waals surface area (Å²) in [6, 6.07) is 24.8. The topological polar surface area (TPSA) is 59.0 Å². The van der Waals surface area contributed by atoms with Crippen LogP contribution in [0.15, 0.2) is 97.2 Å². The van der Waals surface area contributed by atoms with Gasteiger partial charge in [0.05, 0.1) is 18.3 Å². The van der Waals surface area contributed by atoms with Crippen LogP contribution in [0.25, 0.3) is 0 Å². The van der Waals surface area contributed by atoms with Gasteiger partial charge in [-0.2, -0.15) is 18.3 Å². The number of alkyl halides is 3. The SMILES string of the molecule is O=C(NC(c1ccccc1)c1ccccc1)c1cnn2c1N[C@H](c1ccccc1)C[C@@H]2C(F)(F)F. The lowest BCUT2D eigenvalue weighted by Gasteiger charge is -2.34. The first-order valence-corrected chi connectivity index (χ1v) is 11.3. The van der Waals surface area contributed by atoms with E-state index >= 15 is 0 Å². The van der Waals surface area contributed by atoms with Crippen LogP contribution in [-0.4, -0.2) is 21.9 Å². The van der Waals surface area contributed by atoms with Gasteiger partial charge < -0.3 is 10.6 Å². The number of carbonyl (C=O) groups is 1. The van der Waals surface area contributed by atoms with Gasteiger partial charge in [-0.05, 0) is 16.7 Å². The number of rotatable bonds is 5. The molecular weight excluding hydrogens is 453 g/mol. The first-order chi connectivity index (χ1) is 16.9. The molecule has 5 nitrogen and oxygen atoms in total. The molecule has 178 valence electrons. The summed E-state index contributed by atoms with van der Waals surface area (Å²) in [6.07, 6.45) is -3.53. The van der Waals surface area contributed by atoms with Gasteiger partial charge in [0.1, 0.15) is 11.4 Å². The molecule has 3 aromatic carbocycles. The molecule has 1 aliphatic heterocycles. The maximum absolute atomic E-state index is 14.0. The molecule has 5 rings (SSSR count). The fourth-order valence-electron chi connectivity index (χ4n) is 4.49. The summed E-state index contributed by atoms with van der Waals surface area (Å²) >= 11 is 0. The van der Waals surface area contributed by atoms with Gasteiger partial charge >= 0.3 is 6.18 Å². The monoisotopic (exact) mass is 476 g/mol. The second-order valence-corrected chi connectivity index (χ2v) is 8.48. The van der Waals surface area contributed by atoms with Crippen LogP contribution < -0.4 is 10.6 Å². The molecule has 0 radical (unpaired) electrons. The molecule has 8 heteroatoms. The molecule has 2 N–H and O–H groups in total. The van der Waals surface area contributed by atoms with Crippen molar-refractivity contribution >= 4 is 11.7 Å². The molecule has 2 atom stereocenters. The maximum atomic E-state index is 14.0. The zero-order valence-corrected chi connectivity index (χ0v) is 18.6. The van der Waals surface area contributed by atoms with Gasteiger partial charge in [0.15, 0.2) is 6.04 Å². The molecule has 0 aliphatic carbocycles. The maximum Gasteiger partial charge on any atom is 0.410 e. The Hall–Kier alpha value is -4.07. The standard InChI is InChI=1S/C27H23F3N4O/c28-27(29,30)23-16-22(18-10-4-1-5-11-18)32-25-21(17-31-34(23)25)26(35)33-24(19-12-6-2-7-13-19)20-14-8-3-9-15-20/h1-15,17,22-24,32H,16H2,(H,33,35)/t22-,23+/m0/s1. The van der Waals surface area contributed by atoms with Crippen LogP contribution in [0.4, 0.5) is 19.0 Å². The molecule has 0 saturated carbocycles. The van der Waals surface area contributed by atoms with E-state index in [1.54, 1.807) is 24.3 Å². The van der Waals surface area contributed by atoms with E-state index in [4.69, 9.17) is 0 Å². The number of nitrogens with one attached hydrogen (secondary N) is 2. The van der Waals surface area contributed by atoms with E-state index in [1.807, 2.05) is 66.7 Å². The Morgan fingerprint density at radius 3 is 2.00 bits per heavy atom. The fraction of sp³-hybridized carbons (Fsp3) is 0.185. The zero-order chi connectivity index (χ0) is 24.4. The van der Waals surface area contributed by atoms with Gasteiger partial charge in [0, 0.05) is 6.42 Å². The van der Waals surface area contributed by atoms with Crippen LogP contribution in [-0.2, 0) is 0 Å². The molecule has 2 heterocycles. The Balaban J connectivity index is 1.50. The molecular formula is C27H23F3N4O. The third kappa shape index (κ3) is 4.64. The number of amides is 1. The smallest absolute Gasteiger partial charge is 0.363 e. The number of fused-ring (bicyclic) bond motifs is 1. The largest absolute Gasteiger partial charge is 0.410 e. The van der Waals surface area contributed by atoms with Crippen LogP contribution >= 0.6 is 0 Å². The Morgan fingerprint density at radius 1 is 0.914 bits per heavy atom. The predicted octanol–water partition coefficient (Wildman–Crippen LogP) is 6.06. The molecule has 1 aliphatic rings. The van der Waals surface area contributed by atoms with Crippen LogP contribution in [0.1, 0.15) is 51.6 Å². The number of benzene rings is 3. The number of halogens is 3. The summed E-state index contributed by atoms with van der Waals surface area (Å²) in [6.45, 7) is 0. The first-order valence-electron chi connectivity index (χ1n) is 11.3. The van der Waals surface area contributed by atoms with Gasteiger partial charge in [0.25, 0.3) is 5.91 Å². The summed E-state index contributed by atoms with van der Waals surface area (Å²) in [7, 11) is 0. The normalized spacial score (nSPS) is 17.5. The molecule has 0 unspecified atom stereocenters. The van der Waals surface area contributed by atoms with Gasteiger partial charge in [-0.1, -0.05) is 91.0 Å². The molecule has 0 bridgehead atoms. The minimum atomic E-state index is -4.51. The molecule has 0 fully saturated rings. The highest BCUT2D eigenvalue weighted by atomic mass is 19.4. The summed E-state index contributed by atoms with van der Waals surface area (Å²) in [4.78, 5) is 13.4. The highest BCUT2D eigenvalue weighted by molar-refractivity contribution is 5.99. The minimum Gasteiger partial charge on any atom is -0.363 e. The number of carbonyl (C=O) groups excluding carboxylic acids is 1. The minimum absolute atomic E-state index is 0.0600. The van der Waals surface area contributed by atoms with E-state index < -0.39 is 30.2 Å². The van der Waals surface area contributed by atoms with Gasteiger partial charge in [-0.3, -0.25) is 4.79 Å². The molecule has 1 aromatic heterocycles. The van der Waals surface area contributed by atoms with Crippen molar-refractivity contribution in [2.75, 3.05) is 5.32 Å². The van der Waals surface area contributed by atoms with Crippen LogP contribution in [0.2, 0.25) is 0 Å². The van der Waals surface area contributed by atoms with E-state index in [-0.39, 0.29) is 17.8 Å². The highest BCUT2D eigenvalue weighted by Crippen LogP contribution is 2.44. The second-order valence-electron chi connectivity index (χ2n) is 8.48. The van der Waals surface area contributed by atoms with E-state index in [1.165, 1.54) is 6.20 Å². The van der Waals surface area contributed by atoms with Gasteiger partial charge in [0.2, 0.25) is 0 Å². The third-order valence-corrected chi connectivity index (χ3v) is 6.23. The molecule has 1 amide bonds. The third-order valence-electron chi connectivity index (χ3n) is 6.23. The number of nitrogens with zero attached hydrogens (tertiary/aromatic N) is 2. The fourth-order valence-corrected chi connectivity index (χ4v) is 4.49. The van der Waals surface area contributed by atoms with Gasteiger partial charge in [-0.15, -0.1) is 0 Å². The quantitative estimate of drug-likeness (QED) is 0.368. The Morgan fingerprint density at radius 2 is 1.46 bits per heavy atom. The number of anilines is 1. The van der Waals surface area contributed by atoms with Crippen LogP contribution in [0.3, 0.4) is 0 Å². The molecule has 35 heavy (non-hydrogen) atoms. The number of hydrogen-bond acceptors (Lipinski definition) is 3. The van der Waals surface area contributed by atoms with Crippen LogP contribution in [0.5, 0.6) is 0 Å². The van der Waals surface area contributed by atoms with E-state index in [0.717, 1.165) is 15.8 Å². The average Bonchev–Trinajstić information content (AvgIpc) is 3.32. The number of aromatic nitrogens is 2. The molecule has 4 aromatic rings. The second kappa shape index (κ2) is 9.29. The van der Waals surface area contributed by atoms with Crippen molar-refractivity contribution in [3.05, 3.63) is 119 Å². The van der Waals surface area contributed by atoms with E-state index in [9.17, 15) is 18.0 Å². The summed E-state index contributed by atoms with van der Waals surface area (Å²) in [5.41, 5.74) is 2.50. The molecule has 0 saturated heterocycles. The predicted molar refractivity (Wildman–Crippen MR) is 127 cm³/mol. The summed E-state index contributed by atoms with van der Waals surface area (Å²) < 4.78 is 42.8. The number of hydrogen-bond donors (Lipinski definition) is 2. The summed E-state index contributed by atoms with van der Waals surface area (Å²) in [5.74, 6) is -0.448. The van der Waals surface area contributed by atoms with Crippen molar-refractivity contribution in [2.45, 2.75) is 30.7 Å². The lowest BCUT2D eigenvalue weighted by molar-refractivity contribution is -0.173. The van der Waals surface area contributed by atoms with E-state index in [2.05, 4.69) is 15.7 Å².